The van der Waals surface area contributed by atoms with E-state index in [2.05, 4.69) is 4.98 Å². The topological polar surface area (TPSA) is 162 Å². The van der Waals surface area contributed by atoms with Gasteiger partial charge in [0.1, 0.15) is 23.7 Å². The van der Waals surface area contributed by atoms with E-state index in [9.17, 15) is 14.2 Å². The highest BCUT2D eigenvalue weighted by Gasteiger charge is 2.60. The molecule has 1 heterocycles. The second-order valence-electron chi connectivity index (χ2n) is 4.35. The number of halogens is 1. The second kappa shape index (κ2) is 6.08. The summed E-state index contributed by atoms with van der Waals surface area (Å²) in [7, 11) is -9.52. The van der Waals surface area contributed by atoms with Crippen molar-refractivity contribution in [1.29, 1.82) is 0 Å². The van der Waals surface area contributed by atoms with Crippen molar-refractivity contribution in [1.82, 2.24) is 9.55 Å². The molecule has 0 saturated carbocycles. The number of aryl methyl sites for hydroxylation is 1. The summed E-state index contributed by atoms with van der Waals surface area (Å²) >= 11 is 5.66. The van der Waals surface area contributed by atoms with Crippen LogP contribution in [0.4, 0.5) is 0 Å². The summed E-state index contributed by atoms with van der Waals surface area (Å²) in [6, 6.07) is 0. The van der Waals surface area contributed by atoms with Gasteiger partial charge in [-0.05, 0) is 6.92 Å². The molecule has 1 unspecified atom stereocenters. The van der Waals surface area contributed by atoms with E-state index in [1.165, 1.54) is 17.7 Å². The zero-order valence-electron chi connectivity index (χ0n) is 11.0. The Labute approximate surface area is 124 Å². The molecule has 5 N–H and O–H groups in total. The van der Waals surface area contributed by atoms with Gasteiger partial charge in [-0.15, -0.1) is 0 Å². The van der Waals surface area contributed by atoms with E-state index >= 15 is 0 Å². The molecule has 0 spiro atoms. The van der Waals surface area contributed by atoms with Crippen LogP contribution in [-0.4, -0.2) is 45.9 Å². The van der Waals surface area contributed by atoms with Crippen molar-refractivity contribution in [2.75, 3.05) is 6.61 Å². The van der Waals surface area contributed by atoms with Gasteiger partial charge in [-0.25, -0.2) is 4.98 Å². The molecule has 0 aliphatic heterocycles. The molecule has 0 saturated heterocycles. The van der Waals surface area contributed by atoms with Gasteiger partial charge in [-0.3, -0.25) is 9.13 Å². The van der Waals surface area contributed by atoms with Gasteiger partial charge in [0.05, 0.1) is 0 Å². The highest BCUT2D eigenvalue weighted by molar-refractivity contribution is 7.72. The van der Waals surface area contributed by atoms with Crippen LogP contribution >= 0.6 is 26.8 Å². The van der Waals surface area contributed by atoms with E-state index in [1.54, 1.807) is 7.05 Å². The third-order valence-electron chi connectivity index (χ3n) is 2.71. The van der Waals surface area contributed by atoms with Crippen molar-refractivity contribution in [2.45, 2.75) is 18.1 Å². The smallest absolute Gasteiger partial charge is 0.366 e. The maximum atomic E-state index is 11.2. The third kappa shape index (κ3) is 3.92. The molecule has 13 heteroatoms. The first kappa shape index (κ1) is 18.8. The van der Waals surface area contributed by atoms with Crippen LogP contribution in [0.2, 0.25) is 5.15 Å². The lowest BCUT2D eigenvalue weighted by Crippen LogP contribution is -2.35. The van der Waals surface area contributed by atoms with Gasteiger partial charge in [-0.2, -0.15) is 0 Å². The highest BCUT2D eigenvalue weighted by Crippen LogP contribution is 2.67. The second-order valence-corrected chi connectivity index (χ2v) is 8.74. The fraction of sp³-hybridized carbons (Fsp3) is 0.625. The Bertz CT molecular complexity index is 585. The molecule has 1 aromatic heterocycles. The van der Waals surface area contributed by atoms with E-state index < -0.39 is 33.0 Å². The maximum absolute atomic E-state index is 11.2. The summed E-state index contributed by atoms with van der Waals surface area (Å²) in [5, 5.41) is 6.17. The van der Waals surface area contributed by atoms with Crippen LogP contribution in [0.5, 0.6) is 0 Å². The van der Waals surface area contributed by atoms with Gasteiger partial charge in [0, 0.05) is 13.2 Å². The molecule has 10 nitrogen and oxygen atoms in total. The lowest BCUT2D eigenvalue weighted by Gasteiger charge is -2.29. The Morgan fingerprint density at radius 1 is 1.38 bits per heavy atom. The van der Waals surface area contributed by atoms with E-state index in [1.807, 2.05) is 0 Å². The Hall–Kier alpha value is -0.280. The minimum Gasteiger partial charge on any atom is -0.366 e. The standard InChI is InChI=1S/C8H15ClN2O8P2/c1-5(7-10-6(9)3-11(7)2)19-4-8(12,20(13,14)15)21(16,17)18/h3,5,12H,4H2,1-2H3,(H2,13,14,15)(H2,16,17,18). The summed E-state index contributed by atoms with van der Waals surface area (Å²) in [4.78, 5) is 39.7. The number of imidazole rings is 1. The van der Waals surface area contributed by atoms with Gasteiger partial charge in [-0.1, -0.05) is 11.6 Å². The molecular formula is C8H15ClN2O8P2. The Morgan fingerprint density at radius 3 is 2.19 bits per heavy atom. The molecule has 0 radical (unpaired) electrons. The average Bonchev–Trinajstić information content (AvgIpc) is 2.61. The monoisotopic (exact) mass is 364 g/mol. The van der Waals surface area contributed by atoms with Gasteiger partial charge in [0.15, 0.2) is 0 Å². The molecule has 0 aliphatic rings. The molecule has 122 valence electrons. The first-order chi connectivity index (χ1) is 9.29. The molecule has 0 bridgehead atoms. The van der Waals surface area contributed by atoms with Gasteiger partial charge < -0.3 is 34.0 Å². The molecule has 1 aromatic rings. The number of aromatic nitrogens is 2. The average molecular weight is 365 g/mol. The summed E-state index contributed by atoms with van der Waals surface area (Å²) in [5.74, 6) is 0.249. The number of rotatable bonds is 6. The molecule has 21 heavy (non-hydrogen) atoms. The van der Waals surface area contributed by atoms with E-state index in [4.69, 9.17) is 35.9 Å². The predicted octanol–water partition coefficient (Wildman–Crippen LogP) is 0.153. The highest BCUT2D eigenvalue weighted by atomic mass is 35.5. The predicted molar refractivity (Wildman–Crippen MR) is 71.6 cm³/mol. The fourth-order valence-corrected chi connectivity index (χ4v) is 3.55. The lowest BCUT2D eigenvalue weighted by molar-refractivity contribution is -0.0134. The van der Waals surface area contributed by atoms with E-state index in [-0.39, 0.29) is 11.0 Å². The zero-order valence-corrected chi connectivity index (χ0v) is 13.5. The van der Waals surface area contributed by atoms with E-state index in [0.717, 1.165) is 0 Å². The van der Waals surface area contributed by atoms with Crippen LogP contribution in [0.1, 0.15) is 18.9 Å². The number of hydrogen-bond acceptors (Lipinski definition) is 5. The van der Waals surface area contributed by atoms with Gasteiger partial charge >= 0.3 is 15.2 Å². The normalized spacial score (nSPS) is 15.2. The van der Waals surface area contributed by atoms with E-state index in [0.29, 0.717) is 0 Å². The molecule has 1 atom stereocenters. The number of ether oxygens (including phenoxy) is 1. The number of aliphatic hydroxyl groups is 1. The van der Waals surface area contributed by atoms with Crippen molar-refractivity contribution in [2.24, 2.45) is 7.05 Å². The van der Waals surface area contributed by atoms with Crippen LogP contribution in [-0.2, 0) is 20.9 Å². The van der Waals surface area contributed by atoms with Crippen molar-refractivity contribution in [3.8, 4) is 0 Å². The summed E-state index contributed by atoms with van der Waals surface area (Å²) < 4.78 is 28.7. The van der Waals surface area contributed by atoms with Crippen LogP contribution in [0.15, 0.2) is 6.20 Å². The zero-order chi connectivity index (χ0) is 16.6. The minimum atomic E-state index is -5.55. The first-order valence-corrected chi connectivity index (χ1v) is 9.04. The van der Waals surface area contributed by atoms with Crippen molar-refractivity contribution < 1.29 is 38.5 Å². The molecular weight excluding hydrogens is 349 g/mol. The SMILES string of the molecule is CC(OCC(O)(P(=O)(O)O)P(=O)(O)O)c1nc(Cl)cn1C. The van der Waals surface area contributed by atoms with Crippen LogP contribution in [0.25, 0.3) is 0 Å². The Kier molecular flexibility index (Phi) is 5.43. The third-order valence-corrected chi connectivity index (χ3v) is 6.58. The van der Waals surface area contributed by atoms with Crippen LogP contribution in [0, 0.1) is 0 Å². The summed E-state index contributed by atoms with van der Waals surface area (Å²) in [5.41, 5.74) is 0. The molecule has 0 amide bonds. The van der Waals surface area contributed by atoms with Crippen molar-refractivity contribution in [3.05, 3.63) is 17.2 Å². The van der Waals surface area contributed by atoms with Gasteiger partial charge in [0.2, 0.25) is 0 Å². The molecule has 0 aliphatic carbocycles. The molecule has 1 rings (SSSR count). The minimum absolute atomic E-state index is 0.142. The van der Waals surface area contributed by atoms with Crippen LogP contribution < -0.4 is 0 Å². The first-order valence-electron chi connectivity index (χ1n) is 5.43. The number of hydrogen-bond donors (Lipinski definition) is 5. The lowest BCUT2D eigenvalue weighted by atomic mass is 10.4. The quantitative estimate of drug-likeness (QED) is 0.442. The Morgan fingerprint density at radius 2 is 1.86 bits per heavy atom. The van der Waals surface area contributed by atoms with Crippen molar-refractivity contribution >= 4 is 26.8 Å². The Balaban J connectivity index is 2.96. The summed E-state index contributed by atoms with van der Waals surface area (Å²) in [6.07, 6.45) is 0.515. The van der Waals surface area contributed by atoms with Crippen molar-refractivity contribution in [3.63, 3.8) is 0 Å². The maximum Gasteiger partial charge on any atom is 0.371 e. The van der Waals surface area contributed by atoms with Crippen LogP contribution in [0.3, 0.4) is 0 Å². The largest absolute Gasteiger partial charge is 0.371 e. The number of nitrogens with zero attached hydrogens (tertiary/aromatic N) is 2. The summed E-state index contributed by atoms with van der Waals surface area (Å²) in [6.45, 7) is 0.131. The molecule has 0 aromatic carbocycles. The fourth-order valence-electron chi connectivity index (χ4n) is 1.47. The molecule has 0 fully saturated rings. The van der Waals surface area contributed by atoms with Gasteiger partial charge in [0.25, 0.3) is 5.08 Å².